The smallest absolute Gasteiger partial charge is 0.408 e. The number of aliphatic imine (C=N–C) groups is 1. The fourth-order valence-corrected chi connectivity index (χ4v) is 2.12. The van der Waals surface area contributed by atoms with Gasteiger partial charge in [0.1, 0.15) is 5.60 Å². The number of carbonyl (C=O) groups excluding carboxylic acids is 2. The number of unbranched alkanes of at least 4 members (excludes halogenated alkanes) is 2. The number of rotatable bonds is 10. The van der Waals surface area contributed by atoms with Crippen molar-refractivity contribution >= 4 is 42.0 Å². The zero-order valence-corrected chi connectivity index (χ0v) is 20.8. The van der Waals surface area contributed by atoms with Gasteiger partial charge in [-0.15, -0.1) is 24.0 Å². The molecule has 9 heteroatoms. The third kappa shape index (κ3) is 16.9. The SMILES string of the molecule is CCNC(=NCC(C)(C)NC(=O)OC(C)(C)C)NCCCCCC(=O)OC.I. The summed E-state index contributed by atoms with van der Waals surface area (Å²) in [5.41, 5.74) is -1.07. The number of amides is 1. The number of carbonyl (C=O) groups is 2. The van der Waals surface area contributed by atoms with Gasteiger partial charge in [0.15, 0.2) is 5.96 Å². The van der Waals surface area contributed by atoms with Crippen LogP contribution in [0.25, 0.3) is 0 Å². The Kier molecular flexibility index (Phi) is 15.2. The van der Waals surface area contributed by atoms with Crippen LogP contribution in [0.1, 0.15) is 67.2 Å². The van der Waals surface area contributed by atoms with Crippen LogP contribution in [0.5, 0.6) is 0 Å². The number of alkyl carbamates (subject to hydrolysis) is 1. The molecular formula is C19H39IN4O4. The second-order valence-electron chi connectivity index (χ2n) is 8.02. The van der Waals surface area contributed by atoms with Gasteiger partial charge in [-0.3, -0.25) is 9.79 Å². The highest BCUT2D eigenvalue weighted by Gasteiger charge is 2.24. The minimum Gasteiger partial charge on any atom is -0.469 e. The molecule has 166 valence electrons. The van der Waals surface area contributed by atoms with Crippen molar-refractivity contribution < 1.29 is 19.1 Å². The lowest BCUT2D eigenvalue weighted by molar-refractivity contribution is -0.140. The minimum atomic E-state index is -0.537. The molecule has 0 aromatic rings. The van der Waals surface area contributed by atoms with Gasteiger partial charge in [-0.2, -0.15) is 0 Å². The van der Waals surface area contributed by atoms with Crippen LogP contribution in [-0.2, 0) is 14.3 Å². The molecule has 28 heavy (non-hydrogen) atoms. The third-order valence-electron chi connectivity index (χ3n) is 3.39. The second kappa shape index (κ2) is 14.7. The average Bonchev–Trinajstić information content (AvgIpc) is 2.52. The monoisotopic (exact) mass is 514 g/mol. The van der Waals surface area contributed by atoms with Crippen molar-refractivity contribution in [2.45, 2.75) is 78.4 Å². The van der Waals surface area contributed by atoms with Crippen LogP contribution in [0, 0.1) is 0 Å². The van der Waals surface area contributed by atoms with Crippen LogP contribution < -0.4 is 16.0 Å². The van der Waals surface area contributed by atoms with E-state index < -0.39 is 17.2 Å². The van der Waals surface area contributed by atoms with E-state index in [1.54, 1.807) is 0 Å². The van der Waals surface area contributed by atoms with Crippen molar-refractivity contribution in [1.82, 2.24) is 16.0 Å². The summed E-state index contributed by atoms with van der Waals surface area (Å²) >= 11 is 0. The number of methoxy groups -OCH3 is 1. The van der Waals surface area contributed by atoms with Gasteiger partial charge in [0.2, 0.25) is 0 Å². The topological polar surface area (TPSA) is 101 Å². The van der Waals surface area contributed by atoms with Crippen molar-refractivity contribution in [2.75, 3.05) is 26.7 Å². The molecule has 0 aromatic heterocycles. The van der Waals surface area contributed by atoms with Gasteiger partial charge in [-0.05, 0) is 54.4 Å². The molecular weight excluding hydrogens is 475 g/mol. The van der Waals surface area contributed by atoms with E-state index in [1.807, 2.05) is 41.5 Å². The molecule has 0 saturated heterocycles. The van der Waals surface area contributed by atoms with Crippen LogP contribution in [0.3, 0.4) is 0 Å². The van der Waals surface area contributed by atoms with Crippen molar-refractivity contribution in [1.29, 1.82) is 0 Å². The Balaban J connectivity index is 0. The molecule has 8 nitrogen and oxygen atoms in total. The molecule has 0 spiro atoms. The molecule has 0 atom stereocenters. The molecule has 0 heterocycles. The third-order valence-corrected chi connectivity index (χ3v) is 3.39. The summed E-state index contributed by atoms with van der Waals surface area (Å²) in [4.78, 5) is 27.5. The van der Waals surface area contributed by atoms with Crippen molar-refractivity contribution in [3.63, 3.8) is 0 Å². The van der Waals surface area contributed by atoms with E-state index >= 15 is 0 Å². The fourth-order valence-electron chi connectivity index (χ4n) is 2.12. The van der Waals surface area contributed by atoms with Gasteiger partial charge in [0.25, 0.3) is 0 Å². The molecule has 0 radical (unpaired) electrons. The summed E-state index contributed by atoms with van der Waals surface area (Å²) in [6, 6.07) is 0. The van der Waals surface area contributed by atoms with E-state index in [1.165, 1.54) is 7.11 Å². The highest BCUT2D eigenvalue weighted by molar-refractivity contribution is 14.0. The molecule has 0 aliphatic rings. The summed E-state index contributed by atoms with van der Waals surface area (Å²) < 4.78 is 9.91. The van der Waals surface area contributed by atoms with Gasteiger partial charge in [0.05, 0.1) is 19.2 Å². The summed E-state index contributed by atoms with van der Waals surface area (Å²) in [5.74, 6) is 0.530. The molecule has 0 aliphatic heterocycles. The number of ether oxygens (including phenoxy) is 2. The predicted octanol–water partition coefficient (Wildman–Crippen LogP) is 3.20. The average molecular weight is 514 g/mol. The standard InChI is InChI=1S/C19H38N4O4.HI/c1-8-20-16(21-13-11-9-10-12-15(24)26-7)22-14-19(5,6)23-17(25)27-18(2,3)4;/h8-14H2,1-7H3,(H,23,25)(H2,20,21,22);1H. The molecule has 3 N–H and O–H groups in total. The van der Waals surface area contributed by atoms with Gasteiger partial charge in [-0.25, -0.2) is 4.79 Å². The highest BCUT2D eigenvalue weighted by atomic mass is 127. The largest absolute Gasteiger partial charge is 0.469 e. The first-order chi connectivity index (χ1) is 12.5. The number of hydrogen-bond acceptors (Lipinski definition) is 5. The summed E-state index contributed by atoms with van der Waals surface area (Å²) in [6.45, 7) is 13.2. The Labute approximate surface area is 187 Å². The Morgan fingerprint density at radius 2 is 1.64 bits per heavy atom. The number of halogens is 1. The Morgan fingerprint density at radius 1 is 1.00 bits per heavy atom. The van der Waals surface area contributed by atoms with Crippen LogP contribution in [0.2, 0.25) is 0 Å². The zero-order valence-electron chi connectivity index (χ0n) is 18.4. The molecule has 0 aliphatic carbocycles. The Hall–Kier alpha value is -1.26. The molecule has 0 aromatic carbocycles. The van der Waals surface area contributed by atoms with E-state index in [-0.39, 0.29) is 29.9 Å². The Morgan fingerprint density at radius 3 is 2.18 bits per heavy atom. The lowest BCUT2D eigenvalue weighted by Crippen LogP contribution is -2.49. The van der Waals surface area contributed by atoms with Crippen LogP contribution in [0.15, 0.2) is 4.99 Å². The van der Waals surface area contributed by atoms with Crippen molar-refractivity contribution in [3.8, 4) is 0 Å². The molecule has 0 bridgehead atoms. The van der Waals surface area contributed by atoms with Gasteiger partial charge >= 0.3 is 12.1 Å². The molecule has 0 unspecified atom stereocenters. The summed E-state index contributed by atoms with van der Waals surface area (Å²) in [7, 11) is 1.40. The fraction of sp³-hybridized carbons (Fsp3) is 0.842. The normalized spacial score (nSPS) is 11.9. The predicted molar refractivity (Wildman–Crippen MR) is 123 cm³/mol. The molecule has 0 saturated carbocycles. The maximum absolute atomic E-state index is 11.9. The summed E-state index contributed by atoms with van der Waals surface area (Å²) in [5, 5.41) is 9.29. The van der Waals surface area contributed by atoms with Gasteiger partial charge in [0, 0.05) is 19.5 Å². The first-order valence-electron chi connectivity index (χ1n) is 9.59. The van der Waals surface area contributed by atoms with Crippen LogP contribution >= 0.6 is 24.0 Å². The van der Waals surface area contributed by atoms with Gasteiger partial charge < -0.3 is 25.4 Å². The highest BCUT2D eigenvalue weighted by Crippen LogP contribution is 2.09. The van der Waals surface area contributed by atoms with Crippen LogP contribution in [-0.4, -0.2) is 55.9 Å². The van der Waals surface area contributed by atoms with Crippen LogP contribution in [0.4, 0.5) is 4.79 Å². The first-order valence-corrected chi connectivity index (χ1v) is 9.59. The minimum absolute atomic E-state index is 0. The lowest BCUT2D eigenvalue weighted by atomic mass is 10.1. The van der Waals surface area contributed by atoms with E-state index in [9.17, 15) is 9.59 Å². The molecule has 0 fully saturated rings. The van der Waals surface area contributed by atoms with Crippen molar-refractivity contribution in [2.24, 2.45) is 4.99 Å². The number of nitrogens with one attached hydrogen (secondary N) is 3. The van der Waals surface area contributed by atoms with E-state index in [0.717, 1.165) is 32.4 Å². The zero-order chi connectivity index (χ0) is 20.9. The number of hydrogen-bond donors (Lipinski definition) is 3. The number of nitrogens with zero attached hydrogens (tertiary/aromatic N) is 1. The number of esters is 1. The van der Waals surface area contributed by atoms with E-state index in [0.29, 0.717) is 18.9 Å². The second-order valence-corrected chi connectivity index (χ2v) is 8.02. The van der Waals surface area contributed by atoms with E-state index in [4.69, 9.17) is 4.74 Å². The first kappa shape index (κ1) is 28.9. The maximum atomic E-state index is 11.9. The Bertz CT molecular complexity index is 491. The quantitative estimate of drug-likeness (QED) is 0.136. The van der Waals surface area contributed by atoms with Gasteiger partial charge in [-0.1, -0.05) is 6.42 Å². The lowest BCUT2D eigenvalue weighted by Gasteiger charge is -2.27. The molecule has 0 rings (SSSR count). The maximum Gasteiger partial charge on any atom is 0.408 e. The summed E-state index contributed by atoms with van der Waals surface area (Å²) in [6.07, 6.45) is 2.68. The molecule has 1 amide bonds. The number of guanidine groups is 1. The van der Waals surface area contributed by atoms with Crippen molar-refractivity contribution in [3.05, 3.63) is 0 Å². The van der Waals surface area contributed by atoms with E-state index in [2.05, 4.69) is 25.7 Å².